The fourth-order valence-electron chi connectivity index (χ4n) is 1.31. The van der Waals surface area contributed by atoms with E-state index < -0.39 is 17.5 Å². The minimum Gasteiger partial charge on any atom is -0.478 e. The molecule has 0 unspecified atom stereocenters. The van der Waals surface area contributed by atoms with Crippen molar-refractivity contribution in [3.05, 3.63) is 28.8 Å². The number of rotatable bonds is 4. The van der Waals surface area contributed by atoms with Gasteiger partial charge in [-0.1, -0.05) is 17.7 Å². The summed E-state index contributed by atoms with van der Waals surface area (Å²) in [7, 11) is 0. The summed E-state index contributed by atoms with van der Waals surface area (Å²) in [6, 6.07) is 4.49. The number of hydrogen-bond donors (Lipinski definition) is 2. The Balaban J connectivity index is 2.80. The van der Waals surface area contributed by atoms with Crippen LogP contribution in [0.5, 0.6) is 0 Å². The molecular weight excluding hydrogens is 270 g/mol. The van der Waals surface area contributed by atoms with Crippen molar-refractivity contribution in [3.63, 3.8) is 0 Å². The lowest BCUT2D eigenvalue weighted by molar-refractivity contribution is -0.125. The maximum Gasteiger partial charge on any atom is 0.339 e. The van der Waals surface area contributed by atoms with Gasteiger partial charge in [-0.2, -0.15) is 0 Å². The van der Waals surface area contributed by atoms with Crippen LogP contribution in [0.4, 0.5) is 5.69 Å². The highest BCUT2D eigenvalue weighted by atomic mass is 35.5. The van der Waals surface area contributed by atoms with Crippen LogP contribution in [-0.2, 0) is 9.53 Å². The Morgan fingerprint density at radius 1 is 1.37 bits per heavy atom. The molecule has 1 amide bonds. The lowest BCUT2D eigenvalue weighted by Gasteiger charge is -2.19. The minimum atomic E-state index is -1.20. The number of carboxylic acid groups (broad SMARTS) is 1. The van der Waals surface area contributed by atoms with Crippen LogP contribution in [0, 0.1) is 0 Å². The lowest BCUT2D eigenvalue weighted by Crippen LogP contribution is -2.27. The molecule has 0 saturated heterocycles. The van der Waals surface area contributed by atoms with E-state index in [1.807, 2.05) is 20.8 Å². The second kappa shape index (κ2) is 6.04. The molecule has 1 rings (SSSR count). The number of carboxylic acids is 1. The Morgan fingerprint density at radius 3 is 2.53 bits per heavy atom. The van der Waals surface area contributed by atoms with Gasteiger partial charge in [0.05, 0.1) is 16.3 Å². The summed E-state index contributed by atoms with van der Waals surface area (Å²) in [5.41, 5.74) is -0.419. The van der Waals surface area contributed by atoms with Crippen LogP contribution in [0.25, 0.3) is 0 Å². The summed E-state index contributed by atoms with van der Waals surface area (Å²) in [6.07, 6.45) is 0. The van der Waals surface area contributed by atoms with Crippen molar-refractivity contribution >= 4 is 29.2 Å². The summed E-state index contributed by atoms with van der Waals surface area (Å²) in [5, 5.41) is 11.6. The van der Waals surface area contributed by atoms with Crippen molar-refractivity contribution in [1.82, 2.24) is 0 Å². The predicted molar refractivity (Wildman–Crippen MR) is 72.7 cm³/mol. The summed E-state index contributed by atoms with van der Waals surface area (Å²) < 4.78 is 5.30. The van der Waals surface area contributed by atoms with Crippen LogP contribution in [0.15, 0.2) is 18.2 Å². The highest BCUT2D eigenvalue weighted by Crippen LogP contribution is 2.24. The number of benzene rings is 1. The van der Waals surface area contributed by atoms with E-state index in [2.05, 4.69) is 5.32 Å². The number of hydrogen-bond acceptors (Lipinski definition) is 3. The molecule has 0 heterocycles. The summed E-state index contributed by atoms with van der Waals surface area (Å²) in [5.74, 6) is -1.63. The monoisotopic (exact) mass is 285 g/mol. The molecular formula is C13H16ClNO4. The Kier molecular flexibility index (Phi) is 4.91. The van der Waals surface area contributed by atoms with Crippen LogP contribution in [-0.4, -0.2) is 29.2 Å². The van der Waals surface area contributed by atoms with Gasteiger partial charge in [0.1, 0.15) is 12.2 Å². The van der Waals surface area contributed by atoms with E-state index in [4.69, 9.17) is 21.4 Å². The zero-order valence-corrected chi connectivity index (χ0v) is 11.7. The van der Waals surface area contributed by atoms with Gasteiger partial charge in [-0.05, 0) is 32.9 Å². The Labute approximate surface area is 116 Å². The molecule has 0 radical (unpaired) electrons. The van der Waals surface area contributed by atoms with Gasteiger partial charge in [0, 0.05) is 0 Å². The molecule has 0 saturated carbocycles. The molecule has 0 aliphatic heterocycles. The average molecular weight is 286 g/mol. The highest BCUT2D eigenvalue weighted by molar-refractivity contribution is 6.34. The smallest absolute Gasteiger partial charge is 0.339 e. The second-order valence-corrected chi connectivity index (χ2v) is 5.32. The molecule has 0 aliphatic rings. The van der Waals surface area contributed by atoms with Crippen LogP contribution in [0.2, 0.25) is 5.02 Å². The molecule has 0 fully saturated rings. The predicted octanol–water partition coefficient (Wildman–Crippen LogP) is 2.79. The molecule has 0 aromatic heterocycles. The summed E-state index contributed by atoms with van der Waals surface area (Å²) in [6.45, 7) is 5.31. The zero-order chi connectivity index (χ0) is 14.6. The summed E-state index contributed by atoms with van der Waals surface area (Å²) in [4.78, 5) is 22.7. The standard InChI is InChI=1S/C13H16ClNO4/c1-13(2,3)19-7-10(16)15-9-6-4-5-8(14)11(9)12(17)18/h4-6H,7H2,1-3H3,(H,15,16)(H,17,18). The minimum absolute atomic E-state index is 0.0713. The molecule has 6 heteroatoms. The SMILES string of the molecule is CC(C)(C)OCC(=O)Nc1cccc(Cl)c1C(=O)O. The molecule has 0 aliphatic carbocycles. The van der Waals surface area contributed by atoms with Gasteiger partial charge in [-0.3, -0.25) is 4.79 Å². The van der Waals surface area contributed by atoms with Crippen molar-refractivity contribution in [1.29, 1.82) is 0 Å². The third-order valence-electron chi connectivity index (χ3n) is 2.14. The van der Waals surface area contributed by atoms with Gasteiger partial charge in [0.25, 0.3) is 0 Å². The van der Waals surface area contributed by atoms with Gasteiger partial charge in [0.15, 0.2) is 0 Å². The van der Waals surface area contributed by atoms with Gasteiger partial charge in [0.2, 0.25) is 5.91 Å². The van der Waals surface area contributed by atoms with Crippen molar-refractivity contribution in [3.8, 4) is 0 Å². The fourth-order valence-corrected chi connectivity index (χ4v) is 1.57. The molecule has 1 aromatic carbocycles. The third-order valence-corrected chi connectivity index (χ3v) is 2.45. The van der Waals surface area contributed by atoms with E-state index in [-0.39, 0.29) is 22.9 Å². The molecule has 5 nitrogen and oxygen atoms in total. The number of carbonyl (C=O) groups excluding carboxylic acids is 1. The molecule has 0 spiro atoms. The first-order valence-electron chi connectivity index (χ1n) is 5.66. The number of anilines is 1. The van der Waals surface area contributed by atoms with Crippen LogP contribution < -0.4 is 5.32 Å². The Morgan fingerprint density at radius 2 is 2.00 bits per heavy atom. The molecule has 104 valence electrons. The zero-order valence-electron chi connectivity index (χ0n) is 11.0. The maximum absolute atomic E-state index is 11.7. The number of nitrogens with one attached hydrogen (secondary N) is 1. The summed E-state index contributed by atoms with van der Waals surface area (Å²) >= 11 is 5.79. The lowest BCUT2D eigenvalue weighted by atomic mass is 10.1. The van der Waals surface area contributed by atoms with Crippen LogP contribution >= 0.6 is 11.6 Å². The van der Waals surface area contributed by atoms with Crippen LogP contribution in [0.3, 0.4) is 0 Å². The van der Waals surface area contributed by atoms with Gasteiger partial charge in [-0.15, -0.1) is 0 Å². The van der Waals surface area contributed by atoms with Gasteiger partial charge < -0.3 is 15.2 Å². The van der Waals surface area contributed by atoms with Crippen molar-refractivity contribution < 1.29 is 19.4 Å². The van der Waals surface area contributed by atoms with E-state index >= 15 is 0 Å². The van der Waals surface area contributed by atoms with Gasteiger partial charge in [-0.25, -0.2) is 4.79 Å². The largest absolute Gasteiger partial charge is 0.478 e. The normalized spacial score (nSPS) is 11.2. The first-order chi connectivity index (χ1) is 8.70. The Bertz CT molecular complexity index is 494. The number of carbonyl (C=O) groups is 2. The van der Waals surface area contributed by atoms with Crippen molar-refractivity contribution in [2.75, 3.05) is 11.9 Å². The topological polar surface area (TPSA) is 75.6 Å². The van der Waals surface area contributed by atoms with Crippen molar-refractivity contribution in [2.45, 2.75) is 26.4 Å². The number of aromatic carboxylic acids is 1. The second-order valence-electron chi connectivity index (χ2n) is 4.92. The molecule has 0 bridgehead atoms. The highest BCUT2D eigenvalue weighted by Gasteiger charge is 2.17. The average Bonchev–Trinajstić information content (AvgIpc) is 2.25. The number of halogens is 1. The molecule has 19 heavy (non-hydrogen) atoms. The Hall–Kier alpha value is -1.59. The quantitative estimate of drug-likeness (QED) is 0.892. The number of ether oxygens (including phenoxy) is 1. The van der Waals surface area contributed by atoms with E-state index in [1.165, 1.54) is 12.1 Å². The third kappa shape index (κ3) is 4.89. The van der Waals surface area contributed by atoms with E-state index in [9.17, 15) is 9.59 Å². The first kappa shape index (κ1) is 15.5. The first-order valence-corrected chi connectivity index (χ1v) is 6.04. The van der Waals surface area contributed by atoms with Crippen molar-refractivity contribution in [2.24, 2.45) is 0 Å². The van der Waals surface area contributed by atoms with E-state index in [0.29, 0.717) is 0 Å². The fraction of sp³-hybridized carbons (Fsp3) is 0.385. The van der Waals surface area contributed by atoms with Gasteiger partial charge >= 0.3 is 5.97 Å². The van der Waals surface area contributed by atoms with E-state index in [0.717, 1.165) is 0 Å². The maximum atomic E-state index is 11.7. The molecule has 2 N–H and O–H groups in total. The number of amides is 1. The molecule has 1 aromatic rings. The van der Waals surface area contributed by atoms with E-state index in [1.54, 1.807) is 6.07 Å². The molecule has 0 atom stereocenters. The van der Waals surface area contributed by atoms with Crippen LogP contribution in [0.1, 0.15) is 31.1 Å².